The molecule has 0 aliphatic heterocycles. The van der Waals surface area contributed by atoms with Crippen molar-refractivity contribution in [1.82, 2.24) is 19.9 Å². The standard InChI is InChI=1S/C46H28N4O/c1-2-10-29(11-3-1)46-49-42(32-18-19-39-38-14-6-9-17-44(38)51-45(39)25-32)26-43(50-46)35-23-33(36-20-30-12-4-7-15-40(30)47-27-36)22-34(24-35)37-21-31-13-5-8-16-41(31)48-28-37/h1-28H. The molecule has 0 aliphatic rings. The van der Waals surface area contributed by atoms with Gasteiger partial charge in [-0.3, -0.25) is 9.97 Å². The molecule has 0 fully saturated rings. The van der Waals surface area contributed by atoms with Gasteiger partial charge in [-0.1, -0.05) is 91.0 Å². The van der Waals surface area contributed by atoms with Gasteiger partial charge in [0.15, 0.2) is 5.82 Å². The molecule has 10 rings (SSSR count). The highest BCUT2D eigenvalue weighted by atomic mass is 16.3. The van der Waals surface area contributed by atoms with E-state index in [4.69, 9.17) is 24.4 Å². The molecular weight excluding hydrogens is 625 g/mol. The van der Waals surface area contributed by atoms with Crippen LogP contribution in [0, 0.1) is 0 Å². The maximum atomic E-state index is 6.28. The number of hydrogen-bond donors (Lipinski definition) is 0. The number of benzene rings is 6. The van der Waals surface area contributed by atoms with Gasteiger partial charge in [-0.2, -0.15) is 0 Å². The van der Waals surface area contributed by atoms with Crippen LogP contribution in [0.5, 0.6) is 0 Å². The van der Waals surface area contributed by atoms with Gasteiger partial charge in [0.25, 0.3) is 0 Å². The van der Waals surface area contributed by atoms with Crippen LogP contribution in [-0.4, -0.2) is 19.9 Å². The molecule has 0 atom stereocenters. The summed E-state index contributed by atoms with van der Waals surface area (Å²) in [6.45, 7) is 0. The van der Waals surface area contributed by atoms with Crippen molar-refractivity contribution in [2.75, 3.05) is 0 Å². The van der Waals surface area contributed by atoms with Gasteiger partial charge in [-0.15, -0.1) is 0 Å². The molecule has 10 aromatic rings. The molecule has 0 unspecified atom stereocenters. The number of para-hydroxylation sites is 3. The zero-order valence-electron chi connectivity index (χ0n) is 27.4. The quantitative estimate of drug-likeness (QED) is 0.185. The van der Waals surface area contributed by atoms with Crippen molar-refractivity contribution in [3.05, 3.63) is 170 Å². The van der Waals surface area contributed by atoms with Crippen molar-refractivity contribution in [3.8, 4) is 56.2 Å². The van der Waals surface area contributed by atoms with Gasteiger partial charge < -0.3 is 4.42 Å². The highest BCUT2D eigenvalue weighted by molar-refractivity contribution is 6.05. The summed E-state index contributed by atoms with van der Waals surface area (Å²) < 4.78 is 6.28. The average Bonchev–Trinajstić information content (AvgIpc) is 3.58. The van der Waals surface area contributed by atoms with Crippen molar-refractivity contribution in [2.24, 2.45) is 0 Å². The van der Waals surface area contributed by atoms with E-state index in [1.165, 1.54) is 0 Å². The predicted molar refractivity (Wildman–Crippen MR) is 207 cm³/mol. The fraction of sp³-hybridized carbons (Fsp3) is 0. The maximum Gasteiger partial charge on any atom is 0.160 e. The average molecular weight is 653 g/mol. The summed E-state index contributed by atoms with van der Waals surface area (Å²) in [4.78, 5) is 19.9. The Morgan fingerprint density at radius 2 is 0.922 bits per heavy atom. The van der Waals surface area contributed by atoms with Gasteiger partial charge in [-0.25, -0.2) is 9.97 Å². The first-order chi connectivity index (χ1) is 25.2. The molecule has 0 radical (unpaired) electrons. The van der Waals surface area contributed by atoms with E-state index in [9.17, 15) is 0 Å². The number of furan rings is 1. The smallest absolute Gasteiger partial charge is 0.160 e. The molecule has 0 bridgehead atoms. The van der Waals surface area contributed by atoms with E-state index in [0.717, 1.165) is 94.1 Å². The van der Waals surface area contributed by atoms with Crippen LogP contribution in [0.3, 0.4) is 0 Å². The van der Waals surface area contributed by atoms with Gasteiger partial charge in [0.05, 0.1) is 22.4 Å². The lowest BCUT2D eigenvalue weighted by atomic mass is 9.94. The van der Waals surface area contributed by atoms with E-state index in [1.54, 1.807) is 0 Å². The minimum Gasteiger partial charge on any atom is -0.456 e. The third-order valence-electron chi connectivity index (χ3n) is 9.51. The molecular formula is C46H28N4O. The van der Waals surface area contributed by atoms with Gasteiger partial charge >= 0.3 is 0 Å². The molecule has 0 aliphatic carbocycles. The van der Waals surface area contributed by atoms with E-state index >= 15 is 0 Å². The Kier molecular flexibility index (Phi) is 6.74. The molecule has 0 spiro atoms. The SMILES string of the molecule is c1ccc(-c2nc(-c3cc(-c4cnc5ccccc5c4)cc(-c4cnc5ccccc5c4)c3)cc(-c3ccc4c(c3)oc3ccccc34)n2)cc1. The van der Waals surface area contributed by atoms with Crippen LogP contribution in [-0.2, 0) is 0 Å². The molecule has 0 N–H and O–H groups in total. The minimum atomic E-state index is 0.652. The molecule has 4 heterocycles. The van der Waals surface area contributed by atoms with E-state index in [0.29, 0.717) is 5.82 Å². The summed E-state index contributed by atoms with van der Waals surface area (Å²) in [7, 11) is 0. The van der Waals surface area contributed by atoms with Crippen LogP contribution in [0.15, 0.2) is 175 Å². The summed E-state index contributed by atoms with van der Waals surface area (Å²) in [6, 6.07) is 54.1. The predicted octanol–water partition coefficient (Wildman–Crippen LogP) is 11.8. The van der Waals surface area contributed by atoms with E-state index in [2.05, 4.69) is 84.9 Å². The van der Waals surface area contributed by atoms with Gasteiger partial charge in [0, 0.05) is 61.8 Å². The van der Waals surface area contributed by atoms with Gasteiger partial charge in [-0.05, 0) is 77.9 Å². The summed E-state index contributed by atoms with van der Waals surface area (Å²) in [5.41, 5.74) is 12.2. The third-order valence-corrected chi connectivity index (χ3v) is 9.51. The molecule has 0 saturated heterocycles. The lowest BCUT2D eigenvalue weighted by molar-refractivity contribution is 0.669. The van der Waals surface area contributed by atoms with Crippen LogP contribution in [0.1, 0.15) is 0 Å². The normalized spacial score (nSPS) is 11.5. The van der Waals surface area contributed by atoms with Crippen LogP contribution < -0.4 is 0 Å². The van der Waals surface area contributed by atoms with E-state index in [-0.39, 0.29) is 0 Å². The molecule has 238 valence electrons. The maximum absolute atomic E-state index is 6.28. The molecule has 5 heteroatoms. The highest BCUT2D eigenvalue weighted by Gasteiger charge is 2.16. The second-order valence-electron chi connectivity index (χ2n) is 12.8. The minimum absolute atomic E-state index is 0.652. The number of fused-ring (bicyclic) bond motifs is 5. The summed E-state index contributed by atoms with van der Waals surface area (Å²) in [5, 5.41) is 4.36. The van der Waals surface area contributed by atoms with Crippen LogP contribution >= 0.6 is 0 Å². The Hall–Kier alpha value is -6.98. The van der Waals surface area contributed by atoms with Crippen molar-refractivity contribution in [2.45, 2.75) is 0 Å². The number of rotatable bonds is 5. The van der Waals surface area contributed by atoms with Crippen molar-refractivity contribution in [3.63, 3.8) is 0 Å². The van der Waals surface area contributed by atoms with E-state index in [1.807, 2.05) is 85.2 Å². The molecule has 4 aromatic heterocycles. The Labute approximate surface area is 293 Å². The number of nitrogens with zero attached hydrogens (tertiary/aromatic N) is 4. The Morgan fingerprint density at radius 3 is 1.63 bits per heavy atom. The van der Waals surface area contributed by atoms with E-state index < -0.39 is 0 Å². The topological polar surface area (TPSA) is 64.7 Å². The monoisotopic (exact) mass is 652 g/mol. The molecule has 51 heavy (non-hydrogen) atoms. The first-order valence-electron chi connectivity index (χ1n) is 16.9. The third kappa shape index (κ3) is 5.29. The number of aromatic nitrogens is 4. The first-order valence-corrected chi connectivity index (χ1v) is 16.9. The molecule has 6 aromatic carbocycles. The van der Waals surface area contributed by atoms with Crippen molar-refractivity contribution >= 4 is 43.7 Å². The Morgan fingerprint density at radius 1 is 0.353 bits per heavy atom. The zero-order chi connectivity index (χ0) is 33.7. The number of pyridine rings is 2. The molecule has 0 saturated carbocycles. The lowest BCUT2D eigenvalue weighted by Gasteiger charge is -2.13. The zero-order valence-corrected chi connectivity index (χ0v) is 27.4. The Balaban J connectivity index is 1.19. The van der Waals surface area contributed by atoms with Gasteiger partial charge in [0.1, 0.15) is 11.2 Å². The highest BCUT2D eigenvalue weighted by Crippen LogP contribution is 2.37. The second-order valence-corrected chi connectivity index (χ2v) is 12.8. The van der Waals surface area contributed by atoms with Gasteiger partial charge in [0.2, 0.25) is 0 Å². The molecule has 5 nitrogen and oxygen atoms in total. The fourth-order valence-electron chi connectivity index (χ4n) is 6.91. The lowest BCUT2D eigenvalue weighted by Crippen LogP contribution is -1.97. The fourth-order valence-corrected chi connectivity index (χ4v) is 6.91. The Bertz CT molecular complexity index is 2830. The van der Waals surface area contributed by atoms with Crippen molar-refractivity contribution < 1.29 is 4.42 Å². The largest absolute Gasteiger partial charge is 0.456 e. The van der Waals surface area contributed by atoms with Crippen molar-refractivity contribution in [1.29, 1.82) is 0 Å². The summed E-state index contributed by atoms with van der Waals surface area (Å²) in [6.07, 6.45) is 3.90. The van der Waals surface area contributed by atoms with Crippen LogP contribution in [0.4, 0.5) is 0 Å². The van der Waals surface area contributed by atoms with Crippen LogP contribution in [0.2, 0.25) is 0 Å². The summed E-state index contributed by atoms with van der Waals surface area (Å²) >= 11 is 0. The number of hydrogen-bond acceptors (Lipinski definition) is 5. The first kappa shape index (κ1) is 29.0. The second kappa shape index (κ2) is 11.9. The van der Waals surface area contributed by atoms with Crippen LogP contribution in [0.25, 0.3) is 99.9 Å². The summed E-state index contributed by atoms with van der Waals surface area (Å²) in [5.74, 6) is 0.652. The molecule has 0 amide bonds.